The first-order chi connectivity index (χ1) is 14.8. The molecule has 0 spiro atoms. The molecule has 0 aliphatic carbocycles. The Morgan fingerprint density at radius 2 is 1.81 bits per heavy atom. The van der Waals surface area contributed by atoms with Gasteiger partial charge in [0, 0.05) is 17.8 Å². The topological polar surface area (TPSA) is 102 Å². The fourth-order valence-corrected chi connectivity index (χ4v) is 4.21. The second kappa shape index (κ2) is 9.51. The summed E-state index contributed by atoms with van der Waals surface area (Å²) in [4.78, 5) is 12.4. The smallest absolute Gasteiger partial charge is 0.264 e. The van der Waals surface area contributed by atoms with E-state index >= 15 is 0 Å². The Labute approximate surface area is 185 Å². The van der Waals surface area contributed by atoms with Crippen LogP contribution in [0.1, 0.15) is 5.56 Å². The van der Waals surface area contributed by atoms with Crippen LogP contribution >= 0.6 is 11.6 Å². The maximum absolute atomic E-state index is 12.9. The first-order valence-electron chi connectivity index (χ1n) is 9.18. The largest absolute Gasteiger partial charge is 0.376 e. The number of hydrogen-bond acceptors (Lipinski definition) is 5. The van der Waals surface area contributed by atoms with Gasteiger partial charge in [-0.3, -0.25) is 9.10 Å². The molecule has 2 N–H and O–H groups in total. The number of rotatable bonds is 7. The zero-order valence-electron chi connectivity index (χ0n) is 16.5. The molecule has 9 heteroatoms. The van der Waals surface area contributed by atoms with Crippen molar-refractivity contribution in [1.82, 2.24) is 0 Å². The van der Waals surface area contributed by atoms with Crippen LogP contribution in [0.5, 0.6) is 0 Å². The van der Waals surface area contributed by atoms with Crippen LogP contribution in [0.25, 0.3) is 0 Å². The van der Waals surface area contributed by atoms with Crippen LogP contribution < -0.4 is 14.9 Å². The molecule has 0 radical (unpaired) electrons. The third-order valence-electron chi connectivity index (χ3n) is 4.44. The molecule has 3 rings (SSSR count). The van der Waals surface area contributed by atoms with E-state index in [-0.39, 0.29) is 17.0 Å². The van der Waals surface area contributed by atoms with Crippen molar-refractivity contribution in [1.29, 1.82) is 5.26 Å². The van der Waals surface area contributed by atoms with Gasteiger partial charge in [-0.15, -0.1) is 0 Å². The molecule has 31 heavy (non-hydrogen) atoms. The lowest BCUT2D eigenvalue weighted by atomic mass is 10.2. The van der Waals surface area contributed by atoms with E-state index < -0.39 is 15.9 Å². The van der Waals surface area contributed by atoms with Crippen LogP contribution in [0.3, 0.4) is 0 Å². The average Bonchev–Trinajstić information content (AvgIpc) is 2.78. The summed E-state index contributed by atoms with van der Waals surface area (Å²) in [6, 6.07) is 21.5. The number of hydrogen-bond donors (Lipinski definition) is 2. The van der Waals surface area contributed by atoms with Gasteiger partial charge in [0.25, 0.3) is 10.0 Å². The van der Waals surface area contributed by atoms with E-state index in [0.29, 0.717) is 22.1 Å². The Morgan fingerprint density at radius 1 is 1.06 bits per heavy atom. The Kier molecular flexibility index (Phi) is 6.80. The second-order valence-corrected chi connectivity index (χ2v) is 8.95. The van der Waals surface area contributed by atoms with Gasteiger partial charge in [0.15, 0.2) is 0 Å². The predicted octanol–water partition coefficient (Wildman–Crippen LogP) is 4.09. The summed E-state index contributed by atoms with van der Waals surface area (Å²) >= 11 is 5.92. The molecule has 0 atom stereocenters. The van der Waals surface area contributed by atoms with Crippen molar-refractivity contribution in [2.24, 2.45) is 0 Å². The molecule has 7 nitrogen and oxygen atoms in total. The molecule has 0 fully saturated rings. The Balaban J connectivity index is 1.70. The quantitative estimate of drug-likeness (QED) is 0.559. The summed E-state index contributed by atoms with van der Waals surface area (Å²) < 4.78 is 27.1. The van der Waals surface area contributed by atoms with Crippen molar-refractivity contribution >= 4 is 44.6 Å². The molecule has 0 saturated heterocycles. The van der Waals surface area contributed by atoms with Gasteiger partial charge in [0.1, 0.15) is 6.07 Å². The van der Waals surface area contributed by atoms with Crippen LogP contribution in [-0.2, 0) is 14.8 Å². The van der Waals surface area contributed by atoms with Gasteiger partial charge < -0.3 is 10.6 Å². The fraction of sp³-hybridized carbons (Fsp3) is 0.0909. The molecule has 0 aliphatic heterocycles. The normalized spacial score (nSPS) is 10.7. The molecular weight excluding hydrogens is 436 g/mol. The van der Waals surface area contributed by atoms with Crippen molar-refractivity contribution < 1.29 is 13.2 Å². The number of para-hydroxylation sites is 1. The van der Waals surface area contributed by atoms with Gasteiger partial charge in [-0.25, -0.2) is 8.42 Å². The van der Waals surface area contributed by atoms with Crippen molar-refractivity contribution in [3.8, 4) is 6.07 Å². The molecule has 3 aromatic carbocycles. The van der Waals surface area contributed by atoms with Crippen molar-refractivity contribution in [2.45, 2.75) is 4.90 Å². The molecular formula is C22H19ClN4O3S. The standard InChI is InChI=1S/C22H19ClN4O3S/c1-27(19-7-3-2-4-8-19)31(29,30)20-9-5-6-18(13-20)25-15-22(28)26-21-12-17(23)11-10-16(21)14-24/h2-13,25H,15H2,1H3,(H,26,28). The number of halogens is 1. The number of carbonyl (C=O) groups is 1. The van der Waals surface area contributed by atoms with Crippen molar-refractivity contribution in [3.63, 3.8) is 0 Å². The molecule has 0 aromatic heterocycles. The molecule has 158 valence electrons. The predicted molar refractivity (Wildman–Crippen MR) is 122 cm³/mol. The Hall–Kier alpha value is -3.54. The number of anilines is 3. The van der Waals surface area contributed by atoms with Gasteiger partial charge in [-0.1, -0.05) is 35.9 Å². The van der Waals surface area contributed by atoms with Crippen LogP contribution in [-0.4, -0.2) is 27.9 Å². The van der Waals surface area contributed by atoms with Crippen molar-refractivity contribution in [3.05, 3.63) is 83.4 Å². The maximum atomic E-state index is 12.9. The van der Waals surface area contributed by atoms with Crippen LogP contribution in [0.15, 0.2) is 77.7 Å². The first-order valence-corrected chi connectivity index (χ1v) is 11.0. The monoisotopic (exact) mass is 454 g/mol. The summed E-state index contributed by atoms with van der Waals surface area (Å²) in [5.74, 6) is -0.409. The van der Waals surface area contributed by atoms with E-state index in [0.717, 1.165) is 0 Å². The molecule has 0 unspecified atom stereocenters. The van der Waals surface area contributed by atoms with E-state index in [1.165, 1.54) is 35.6 Å². The zero-order chi connectivity index (χ0) is 22.4. The van der Waals surface area contributed by atoms with Crippen LogP contribution in [0.4, 0.5) is 17.1 Å². The molecule has 0 heterocycles. The third kappa shape index (κ3) is 5.34. The van der Waals surface area contributed by atoms with Crippen molar-refractivity contribution in [2.75, 3.05) is 28.5 Å². The van der Waals surface area contributed by atoms with E-state index in [1.54, 1.807) is 42.5 Å². The highest BCUT2D eigenvalue weighted by molar-refractivity contribution is 7.92. The summed E-state index contributed by atoms with van der Waals surface area (Å²) in [5.41, 5.74) is 1.59. The summed E-state index contributed by atoms with van der Waals surface area (Å²) in [6.45, 7) is -0.130. The number of nitrogens with zero attached hydrogens (tertiary/aromatic N) is 2. The van der Waals surface area contributed by atoms with E-state index in [4.69, 9.17) is 16.9 Å². The second-order valence-electron chi connectivity index (χ2n) is 6.54. The third-order valence-corrected chi connectivity index (χ3v) is 6.46. The summed E-state index contributed by atoms with van der Waals surface area (Å²) in [5, 5.41) is 15.1. The van der Waals surface area contributed by atoms with E-state index in [9.17, 15) is 13.2 Å². The highest BCUT2D eigenvalue weighted by atomic mass is 35.5. The first kappa shape index (κ1) is 22.2. The van der Waals surface area contributed by atoms with Gasteiger partial charge in [0.2, 0.25) is 5.91 Å². The number of nitriles is 1. The number of benzene rings is 3. The lowest BCUT2D eigenvalue weighted by Gasteiger charge is -2.20. The lowest BCUT2D eigenvalue weighted by Crippen LogP contribution is -2.26. The molecule has 3 aromatic rings. The number of amides is 1. The average molecular weight is 455 g/mol. The van der Waals surface area contributed by atoms with Crippen LogP contribution in [0, 0.1) is 11.3 Å². The fourth-order valence-electron chi connectivity index (χ4n) is 2.80. The maximum Gasteiger partial charge on any atom is 0.264 e. The number of nitrogens with one attached hydrogen (secondary N) is 2. The van der Waals surface area contributed by atoms with Gasteiger partial charge in [0.05, 0.1) is 28.4 Å². The molecule has 0 aliphatic rings. The SMILES string of the molecule is CN(c1ccccc1)S(=O)(=O)c1cccc(NCC(=O)Nc2cc(Cl)ccc2C#N)c1. The molecule has 0 bridgehead atoms. The van der Waals surface area contributed by atoms with E-state index in [1.807, 2.05) is 12.1 Å². The summed E-state index contributed by atoms with van der Waals surface area (Å²) in [6.07, 6.45) is 0. The highest BCUT2D eigenvalue weighted by Gasteiger charge is 2.21. The molecule has 0 saturated carbocycles. The minimum Gasteiger partial charge on any atom is -0.376 e. The Bertz CT molecular complexity index is 1240. The minimum absolute atomic E-state index is 0.0888. The highest BCUT2D eigenvalue weighted by Crippen LogP contribution is 2.24. The lowest BCUT2D eigenvalue weighted by molar-refractivity contribution is -0.114. The number of sulfonamides is 1. The number of carbonyl (C=O) groups excluding carboxylic acids is 1. The van der Waals surface area contributed by atoms with Gasteiger partial charge in [-0.05, 0) is 48.5 Å². The van der Waals surface area contributed by atoms with E-state index in [2.05, 4.69) is 10.6 Å². The van der Waals surface area contributed by atoms with Crippen LogP contribution in [0.2, 0.25) is 5.02 Å². The van der Waals surface area contributed by atoms with Gasteiger partial charge >= 0.3 is 0 Å². The van der Waals surface area contributed by atoms with Gasteiger partial charge in [-0.2, -0.15) is 5.26 Å². The summed E-state index contributed by atoms with van der Waals surface area (Å²) in [7, 11) is -2.29. The molecule has 1 amide bonds. The Morgan fingerprint density at radius 3 is 2.52 bits per heavy atom. The minimum atomic E-state index is -3.77. The zero-order valence-corrected chi connectivity index (χ0v) is 18.1.